The lowest BCUT2D eigenvalue weighted by atomic mass is 10.1. The summed E-state index contributed by atoms with van der Waals surface area (Å²) in [7, 11) is 0. The molecule has 0 aliphatic heterocycles. The first-order chi connectivity index (χ1) is 14.5. The number of aryl methyl sites for hydroxylation is 2. The van der Waals surface area contributed by atoms with Gasteiger partial charge in [-0.3, -0.25) is 14.6 Å². The number of pyridine rings is 1. The Morgan fingerprint density at radius 1 is 1.00 bits per heavy atom. The van der Waals surface area contributed by atoms with Crippen molar-refractivity contribution in [2.75, 3.05) is 11.9 Å². The molecule has 2 amide bonds. The Kier molecular flexibility index (Phi) is 6.89. The van der Waals surface area contributed by atoms with Crippen LogP contribution in [0.2, 0.25) is 0 Å². The molecule has 0 aliphatic rings. The van der Waals surface area contributed by atoms with Gasteiger partial charge in [-0.1, -0.05) is 6.07 Å². The minimum atomic E-state index is -0.316. The van der Waals surface area contributed by atoms with Crippen LogP contribution in [0.4, 0.5) is 5.69 Å². The molecule has 0 unspecified atom stereocenters. The fourth-order valence-corrected chi connectivity index (χ4v) is 2.55. The van der Waals surface area contributed by atoms with Crippen LogP contribution in [0.5, 0.6) is 5.75 Å². The summed E-state index contributed by atoms with van der Waals surface area (Å²) < 4.78 is 5.52. The molecule has 30 heavy (non-hydrogen) atoms. The van der Waals surface area contributed by atoms with Gasteiger partial charge in [-0.05, 0) is 79.1 Å². The minimum absolute atomic E-state index is 0.0949. The van der Waals surface area contributed by atoms with E-state index < -0.39 is 0 Å². The first-order valence-corrected chi connectivity index (χ1v) is 9.34. The molecule has 7 heteroatoms. The van der Waals surface area contributed by atoms with Crippen molar-refractivity contribution in [2.45, 2.75) is 13.8 Å². The van der Waals surface area contributed by atoms with E-state index in [4.69, 9.17) is 4.74 Å². The summed E-state index contributed by atoms with van der Waals surface area (Å²) in [5.74, 6) is 0.00862. The smallest absolute Gasteiger partial charge is 0.271 e. The lowest BCUT2D eigenvalue weighted by molar-refractivity contribution is -0.118. The molecule has 0 radical (unpaired) electrons. The van der Waals surface area contributed by atoms with Gasteiger partial charge in [-0.15, -0.1) is 0 Å². The second-order valence-corrected chi connectivity index (χ2v) is 6.64. The molecule has 2 aromatic carbocycles. The van der Waals surface area contributed by atoms with Crippen molar-refractivity contribution >= 4 is 23.7 Å². The Morgan fingerprint density at radius 2 is 1.73 bits per heavy atom. The number of rotatable bonds is 7. The molecule has 2 N–H and O–H groups in total. The second-order valence-electron chi connectivity index (χ2n) is 6.64. The molecule has 1 heterocycles. The van der Waals surface area contributed by atoms with Crippen molar-refractivity contribution in [1.29, 1.82) is 0 Å². The van der Waals surface area contributed by atoms with Crippen LogP contribution in [0.1, 0.15) is 27.0 Å². The van der Waals surface area contributed by atoms with E-state index >= 15 is 0 Å². The van der Waals surface area contributed by atoms with E-state index in [-0.39, 0.29) is 18.4 Å². The molecule has 0 spiro atoms. The van der Waals surface area contributed by atoms with Gasteiger partial charge in [-0.2, -0.15) is 5.10 Å². The summed E-state index contributed by atoms with van der Waals surface area (Å²) in [6, 6.07) is 16.0. The fourth-order valence-electron chi connectivity index (χ4n) is 2.55. The number of aromatic nitrogens is 1. The van der Waals surface area contributed by atoms with E-state index in [0.29, 0.717) is 11.3 Å². The first kappa shape index (κ1) is 20.7. The lowest BCUT2D eigenvalue weighted by Crippen LogP contribution is -2.20. The highest BCUT2D eigenvalue weighted by molar-refractivity contribution is 5.94. The maximum absolute atomic E-state index is 12.1. The van der Waals surface area contributed by atoms with E-state index in [9.17, 15) is 9.59 Å². The number of nitrogens with one attached hydrogen (secondary N) is 2. The number of ether oxygens (including phenoxy) is 1. The minimum Gasteiger partial charge on any atom is -0.484 e. The SMILES string of the molecule is Cc1ccc(NC(=O)COc2ccc(C=NNC(=O)c3ccncc3)cc2)cc1C. The van der Waals surface area contributed by atoms with E-state index in [1.54, 1.807) is 48.8 Å². The lowest BCUT2D eigenvalue weighted by Gasteiger charge is -2.09. The highest BCUT2D eigenvalue weighted by Gasteiger charge is 2.05. The van der Waals surface area contributed by atoms with Gasteiger partial charge in [-0.25, -0.2) is 5.43 Å². The topological polar surface area (TPSA) is 92.7 Å². The average molecular weight is 402 g/mol. The number of benzene rings is 2. The third-order valence-electron chi connectivity index (χ3n) is 4.36. The molecule has 0 bridgehead atoms. The van der Waals surface area contributed by atoms with Crippen molar-refractivity contribution in [2.24, 2.45) is 5.10 Å². The summed E-state index contributed by atoms with van der Waals surface area (Å²) >= 11 is 0. The standard InChI is InChI=1S/C23H22N4O3/c1-16-3-6-20(13-17(16)2)26-22(28)15-30-21-7-4-18(5-8-21)14-25-27-23(29)19-9-11-24-12-10-19/h3-14H,15H2,1-2H3,(H,26,28)(H,27,29). The predicted molar refractivity (Wildman–Crippen MR) is 116 cm³/mol. The highest BCUT2D eigenvalue weighted by Crippen LogP contribution is 2.15. The summed E-state index contributed by atoms with van der Waals surface area (Å²) in [5, 5.41) is 6.75. The molecule has 0 saturated heterocycles. The number of hydrogen-bond donors (Lipinski definition) is 2. The molecule has 0 aliphatic carbocycles. The molecular formula is C23H22N4O3. The molecular weight excluding hydrogens is 380 g/mol. The van der Waals surface area contributed by atoms with E-state index in [0.717, 1.165) is 16.8 Å². The van der Waals surface area contributed by atoms with E-state index in [1.165, 1.54) is 11.8 Å². The molecule has 7 nitrogen and oxygen atoms in total. The van der Waals surface area contributed by atoms with Gasteiger partial charge in [0.15, 0.2) is 6.61 Å². The zero-order valence-corrected chi connectivity index (χ0v) is 16.8. The van der Waals surface area contributed by atoms with Crippen molar-refractivity contribution in [1.82, 2.24) is 10.4 Å². The number of carbonyl (C=O) groups excluding carboxylic acids is 2. The summed E-state index contributed by atoms with van der Waals surface area (Å²) in [6.45, 7) is 3.92. The Balaban J connectivity index is 1.46. The Morgan fingerprint density at radius 3 is 2.43 bits per heavy atom. The van der Waals surface area contributed by atoms with Crippen LogP contribution in [0.3, 0.4) is 0 Å². The van der Waals surface area contributed by atoms with Gasteiger partial charge in [0.2, 0.25) is 0 Å². The number of amides is 2. The second kappa shape index (κ2) is 9.97. The van der Waals surface area contributed by atoms with Gasteiger partial charge < -0.3 is 10.1 Å². The van der Waals surface area contributed by atoms with Crippen molar-refractivity contribution in [3.8, 4) is 5.75 Å². The maximum atomic E-state index is 12.1. The third-order valence-corrected chi connectivity index (χ3v) is 4.36. The molecule has 0 atom stereocenters. The van der Waals surface area contributed by atoms with Crippen LogP contribution >= 0.6 is 0 Å². The molecule has 3 aromatic rings. The van der Waals surface area contributed by atoms with Gasteiger partial charge >= 0.3 is 0 Å². The third kappa shape index (κ3) is 6.00. The zero-order valence-electron chi connectivity index (χ0n) is 16.8. The Bertz CT molecular complexity index is 1050. The molecule has 3 rings (SSSR count). The quantitative estimate of drug-likeness (QED) is 0.467. The number of hydrogen-bond acceptors (Lipinski definition) is 5. The van der Waals surface area contributed by atoms with Crippen LogP contribution in [-0.2, 0) is 4.79 Å². The van der Waals surface area contributed by atoms with Crippen molar-refractivity contribution in [3.05, 3.63) is 89.2 Å². The van der Waals surface area contributed by atoms with Crippen LogP contribution in [0.25, 0.3) is 0 Å². The Hall–Kier alpha value is -4.00. The summed E-state index contributed by atoms with van der Waals surface area (Å²) in [5.41, 5.74) is 6.73. The molecule has 1 aromatic heterocycles. The van der Waals surface area contributed by atoms with Crippen molar-refractivity contribution in [3.63, 3.8) is 0 Å². The zero-order chi connectivity index (χ0) is 21.3. The number of anilines is 1. The van der Waals surface area contributed by atoms with Crippen LogP contribution in [0, 0.1) is 13.8 Å². The van der Waals surface area contributed by atoms with Crippen molar-refractivity contribution < 1.29 is 14.3 Å². The molecule has 0 fully saturated rings. The molecule has 0 saturated carbocycles. The number of nitrogens with zero attached hydrogens (tertiary/aromatic N) is 2. The van der Waals surface area contributed by atoms with E-state index in [2.05, 4.69) is 20.8 Å². The predicted octanol–water partition coefficient (Wildman–Crippen LogP) is 3.48. The van der Waals surface area contributed by atoms with Gasteiger partial charge in [0.05, 0.1) is 6.21 Å². The fraction of sp³-hybridized carbons (Fsp3) is 0.130. The van der Waals surface area contributed by atoms with Crippen LogP contribution in [0.15, 0.2) is 72.1 Å². The number of hydrazone groups is 1. The van der Waals surface area contributed by atoms with Gasteiger partial charge in [0.25, 0.3) is 11.8 Å². The van der Waals surface area contributed by atoms with E-state index in [1.807, 2.05) is 32.0 Å². The Labute approximate surface area is 174 Å². The summed E-state index contributed by atoms with van der Waals surface area (Å²) in [6.07, 6.45) is 4.61. The monoisotopic (exact) mass is 402 g/mol. The normalized spacial score (nSPS) is 10.6. The summed E-state index contributed by atoms with van der Waals surface area (Å²) in [4.78, 5) is 27.8. The first-order valence-electron chi connectivity index (χ1n) is 9.34. The largest absolute Gasteiger partial charge is 0.484 e. The van der Waals surface area contributed by atoms with Gasteiger partial charge in [0, 0.05) is 23.6 Å². The van der Waals surface area contributed by atoms with Gasteiger partial charge in [0.1, 0.15) is 5.75 Å². The van der Waals surface area contributed by atoms with Crippen LogP contribution < -0.4 is 15.5 Å². The average Bonchev–Trinajstić information content (AvgIpc) is 2.76. The number of carbonyl (C=O) groups is 2. The maximum Gasteiger partial charge on any atom is 0.271 e. The van der Waals surface area contributed by atoms with Crippen LogP contribution in [-0.4, -0.2) is 29.6 Å². The molecule has 152 valence electrons. The highest BCUT2D eigenvalue weighted by atomic mass is 16.5.